The van der Waals surface area contributed by atoms with E-state index in [4.69, 9.17) is 5.21 Å². The highest BCUT2D eigenvalue weighted by molar-refractivity contribution is 6.14. The molecule has 0 bridgehead atoms. The van der Waals surface area contributed by atoms with Crippen LogP contribution in [0.2, 0.25) is 0 Å². The summed E-state index contributed by atoms with van der Waals surface area (Å²) in [6.07, 6.45) is 1.78. The summed E-state index contributed by atoms with van der Waals surface area (Å²) in [5, 5.41) is 12.1. The van der Waals surface area contributed by atoms with Crippen molar-refractivity contribution in [1.29, 1.82) is 0 Å². The SMILES string of the molecule is C/C=C1\C(=N/O)N(C)C(=O)N1CC(C)(C)C. The minimum atomic E-state index is -0.157. The van der Waals surface area contributed by atoms with E-state index in [9.17, 15) is 4.79 Å². The second kappa shape index (κ2) is 4.15. The van der Waals surface area contributed by atoms with Crippen LogP contribution in [0, 0.1) is 5.41 Å². The van der Waals surface area contributed by atoms with Gasteiger partial charge in [-0.2, -0.15) is 0 Å². The number of allylic oxidation sites excluding steroid dienone is 1. The van der Waals surface area contributed by atoms with Crippen LogP contribution in [-0.2, 0) is 0 Å². The molecule has 16 heavy (non-hydrogen) atoms. The Morgan fingerprint density at radius 1 is 1.44 bits per heavy atom. The zero-order valence-corrected chi connectivity index (χ0v) is 10.5. The molecule has 0 unspecified atom stereocenters. The van der Waals surface area contributed by atoms with E-state index in [0.717, 1.165) is 0 Å². The van der Waals surface area contributed by atoms with Crippen molar-refractivity contribution >= 4 is 11.9 Å². The van der Waals surface area contributed by atoms with Gasteiger partial charge in [-0.25, -0.2) is 4.79 Å². The topological polar surface area (TPSA) is 56.1 Å². The summed E-state index contributed by atoms with van der Waals surface area (Å²) in [6.45, 7) is 8.59. The molecule has 5 nitrogen and oxygen atoms in total. The molecule has 1 N–H and O–H groups in total. The monoisotopic (exact) mass is 225 g/mol. The van der Waals surface area contributed by atoms with Crippen LogP contribution < -0.4 is 0 Å². The van der Waals surface area contributed by atoms with E-state index in [-0.39, 0.29) is 11.4 Å². The van der Waals surface area contributed by atoms with Gasteiger partial charge in [0.2, 0.25) is 0 Å². The molecule has 1 rings (SSSR count). The van der Waals surface area contributed by atoms with Crippen molar-refractivity contribution < 1.29 is 10.0 Å². The van der Waals surface area contributed by atoms with Crippen LogP contribution in [0.25, 0.3) is 0 Å². The van der Waals surface area contributed by atoms with Crippen LogP contribution >= 0.6 is 0 Å². The predicted octanol–water partition coefficient (Wildman–Crippen LogP) is 2.09. The van der Waals surface area contributed by atoms with E-state index in [2.05, 4.69) is 25.9 Å². The highest BCUT2D eigenvalue weighted by atomic mass is 16.4. The largest absolute Gasteiger partial charge is 0.409 e. The normalized spacial score (nSPS) is 22.7. The second-order valence-electron chi connectivity index (χ2n) is 5.09. The Hall–Kier alpha value is -1.52. The first-order valence-electron chi connectivity index (χ1n) is 5.26. The predicted molar refractivity (Wildman–Crippen MR) is 62.3 cm³/mol. The fourth-order valence-corrected chi connectivity index (χ4v) is 1.70. The number of amides is 2. The van der Waals surface area contributed by atoms with Gasteiger partial charge in [-0.1, -0.05) is 32.0 Å². The van der Waals surface area contributed by atoms with Crippen molar-refractivity contribution in [3.8, 4) is 0 Å². The Bertz CT molecular complexity index is 353. The lowest BCUT2D eigenvalue weighted by molar-refractivity contribution is 0.189. The zero-order chi connectivity index (χ0) is 12.5. The van der Waals surface area contributed by atoms with Gasteiger partial charge < -0.3 is 5.21 Å². The van der Waals surface area contributed by atoms with Gasteiger partial charge in [-0.05, 0) is 12.3 Å². The molecule has 0 saturated carbocycles. The van der Waals surface area contributed by atoms with Crippen LogP contribution in [0.3, 0.4) is 0 Å². The maximum Gasteiger partial charge on any atom is 0.330 e. The number of nitrogens with zero attached hydrogens (tertiary/aromatic N) is 3. The molecule has 90 valence electrons. The average Bonchev–Trinajstić information content (AvgIpc) is 2.39. The molecule has 1 saturated heterocycles. The fourth-order valence-electron chi connectivity index (χ4n) is 1.70. The smallest absolute Gasteiger partial charge is 0.330 e. The van der Waals surface area contributed by atoms with E-state index < -0.39 is 0 Å². The Balaban J connectivity index is 3.06. The molecule has 0 atom stereocenters. The van der Waals surface area contributed by atoms with Crippen LogP contribution in [0.4, 0.5) is 4.79 Å². The van der Waals surface area contributed by atoms with E-state index in [1.807, 2.05) is 6.92 Å². The lowest BCUT2D eigenvalue weighted by Crippen LogP contribution is -2.35. The van der Waals surface area contributed by atoms with E-state index in [1.54, 1.807) is 18.0 Å². The van der Waals surface area contributed by atoms with Gasteiger partial charge in [0.1, 0.15) is 0 Å². The van der Waals surface area contributed by atoms with Crippen LogP contribution in [-0.4, -0.2) is 40.5 Å². The summed E-state index contributed by atoms with van der Waals surface area (Å²) in [7, 11) is 1.60. The molecular weight excluding hydrogens is 206 g/mol. The quantitative estimate of drug-likeness (QED) is 0.548. The number of hydrogen-bond acceptors (Lipinski definition) is 3. The molecule has 0 aliphatic carbocycles. The minimum Gasteiger partial charge on any atom is -0.409 e. The maximum atomic E-state index is 11.9. The molecule has 0 aromatic rings. The summed E-state index contributed by atoms with van der Waals surface area (Å²) < 4.78 is 0. The Labute approximate surface area is 96.0 Å². The molecule has 2 amide bonds. The molecular formula is C11H19N3O2. The van der Waals surface area contributed by atoms with E-state index in [1.165, 1.54) is 4.90 Å². The van der Waals surface area contributed by atoms with Gasteiger partial charge in [0.25, 0.3) is 0 Å². The minimum absolute atomic E-state index is 0.00430. The summed E-state index contributed by atoms with van der Waals surface area (Å²) in [4.78, 5) is 14.9. The first kappa shape index (κ1) is 12.5. The first-order chi connectivity index (χ1) is 7.31. The third kappa shape index (κ3) is 2.18. The molecule has 5 heteroatoms. The van der Waals surface area contributed by atoms with Crippen molar-refractivity contribution in [2.45, 2.75) is 27.7 Å². The van der Waals surface area contributed by atoms with Gasteiger partial charge in [0.15, 0.2) is 5.84 Å². The van der Waals surface area contributed by atoms with Crippen LogP contribution in [0.5, 0.6) is 0 Å². The molecule has 1 aliphatic heterocycles. The van der Waals surface area contributed by atoms with Crippen molar-refractivity contribution in [2.75, 3.05) is 13.6 Å². The summed E-state index contributed by atoms with van der Waals surface area (Å²) in [5.74, 6) is 0.303. The second-order valence-corrected chi connectivity index (χ2v) is 5.09. The van der Waals surface area contributed by atoms with Crippen molar-refractivity contribution in [1.82, 2.24) is 9.80 Å². The highest BCUT2D eigenvalue weighted by Crippen LogP contribution is 2.26. The Kier molecular flexibility index (Phi) is 3.26. The molecule has 1 aliphatic rings. The number of rotatable bonds is 1. The van der Waals surface area contributed by atoms with E-state index in [0.29, 0.717) is 18.1 Å². The molecule has 0 aromatic heterocycles. The Morgan fingerprint density at radius 2 is 2.00 bits per heavy atom. The number of carbonyl (C=O) groups is 1. The van der Waals surface area contributed by atoms with Crippen LogP contribution in [0.1, 0.15) is 27.7 Å². The number of urea groups is 1. The van der Waals surface area contributed by atoms with Crippen LogP contribution in [0.15, 0.2) is 16.9 Å². The molecule has 0 radical (unpaired) electrons. The number of oxime groups is 1. The average molecular weight is 225 g/mol. The number of amidine groups is 1. The van der Waals surface area contributed by atoms with E-state index >= 15 is 0 Å². The third-order valence-corrected chi connectivity index (χ3v) is 2.36. The zero-order valence-electron chi connectivity index (χ0n) is 10.5. The van der Waals surface area contributed by atoms with Gasteiger partial charge in [0, 0.05) is 13.6 Å². The number of likely N-dealkylation sites (N-methyl/N-ethyl adjacent to an activating group) is 1. The summed E-state index contributed by atoms with van der Waals surface area (Å²) in [5.41, 5.74) is 0.653. The summed E-state index contributed by atoms with van der Waals surface area (Å²) in [6, 6.07) is -0.157. The third-order valence-electron chi connectivity index (χ3n) is 2.36. The number of carbonyl (C=O) groups excluding carboxylic acids is 1. The molecule has 1 heterocycles. The number of hydrogen-bond donors (Lipinski definition) is 1. The summed E-state index contributed by atoms with van der Waals surface area (Å²) >= 11 is 0. The standard InChI is InChI=1S/C11H19N3O2/c1-6-8-9(12-16)13(5)10(15)14(8)7-11(2,3)4/h6,16H,7H2,1-5H3/b8-6+,12-9+. The molecule has 0 spiro atoms. The molecule has 0 aromatic carbocycles. The van der Waals surface area contributed by atoms with Gasteiger partial charge >= 0.3 is 6.03 Å². The lowest BCUT2D eigenvalue weighted by atomic mass is 9.96. The van der Waals surface area contributed by atoms with Gasteiger partial charge in [0.05, 0.1) is 5.70 Å². The highest BCUT2D eigenvalue weighted by Gasteiger charge is 2.38. The maximum absolute atomic E-state index is 11.9. The Morgan fingerprint density at radius 3 is 2.38 bits per heavy atom. The van der Waals surface area contributed by atoms with Crippen molar-refractivity contribution in [2.24, 2.45) is 10.6 Å². The van der Waals surface area contributed by atoms with Crippen molar-refractivity contribution in [3.05, 3.63) is 11.8 Å². The van der Waals surface area contributed by atoms with Gasteiger partial charge in [-0.3, -0.25) is 9.80 Å². The van der Waals surface area contributed by atoms with Gasteiger partial charge in [-0.15, -0.1) is 0 Å². The first-order valence-corrected chi connectivity index (χ1v) is 5.26. The lowest BCUT2D eigenvalue weighted by Gasteiger charge is -2.26. The fraction of sp³-hybridized carbons (Fsp3) is 0.636. The molecule has 1 fully saturated rings. The van der Waals surface area contributed by atoms with Crippen molar-refractivity contribution in [3.63, 3.8) is 0 Å².